The maximum atomic E-state index is 12.8. The monoisotopic (exact) mass is 564 g/mol. The SMILES string of the molecule is N#Cc1ccc(S(=O)(=O)Nc2ccc3c(c2)CN(CCCCNC(=O)C=Cc2ccc4ccccc4c2)CC3)cc1. The predicted molar refractivity (Wildman–Crippen MR) is 163 cm³/mol. The zero-order chi connectivity index (χ0) is 28.7. The smallest absolute Gasteiger partial charge is 0.261 e. The summed E-state index contributed by atoms with van der Waals surface area (Å²) in [5.74, 6) is -0.0963. The zero-order valence-corrected chi connectivity index (χ0v) is 23.5. The molecule has 5 rings (SSSR count). The molecule has 8 heteroatoms. The van der Waals surface area contributed by atoms with Gasteiger partial charge in [0.1, 0.15) is 0 Å². The van der Waals surface area contributed by atoms with Gasteiger partial charge >= 0.3 is 0 Å². The summed E-state index contributed by atoms with van der Waals surface area (Å²) in [6, 6.07) is 27.8. The molecule has 0 fully saturated rings. The summed E-state index contributed by atoms with van der Waals surface area (Å²) in [7, 11) is -3.75. The highest BCUT2D eigenvalue weighted by Gasteiger charge is 2.19. The van der Waals surface area contributed by atoms with Gasteiger partial charge in [0.25, 0.3) is 10.0 Å². The molecule has 0 aromatic heterocycles. The molecule has 4 aromatic carbocycles. The topological polar surface area (TPSA) is 102 Å². The highest BCUT2D eigenvalue weighted by atomic mass is 32.2. The highest BCUT2D eigenvalue weighted by Crippen LogP contribution is 2.25. The standard InChI is InChI=1S/C33H32N4O3S/c34-23-26-8-14-32(15-9-26)41(39,40)36-31-13-12-28-17-20-37(24-30(28)22-31)19-4-3-18-35-33(38)16-10-25-7-11-27-5-1-2-6-29(27)21-25/h1-2,5-16,21-22,36H,3-4,17-20,24H2,(H,35,38). The average molecular weight is 565 g/mol. The number of nitriles is 1. The van der Waals surface area contributed by atoms with Gasteiger partial charge in [-0.15, -0.1) is 0 Å². The number of nitrogens with zero attached hydrogens (tertiary/aromatic N) is 2. The second kappa shape index (κ2) is 12.8. The molecule has 0 aliphatic carbocycles. The van der Waals surface area contributed by atoms with E-state index in [2.05, 4.69) is 39.2 Å². The van der Waals surface area contributed by atoms with E-state index in [0.717, 1.165) is 55.4 Å². The number of carbonyl (C=O) groups is 1. The van der Waals surface area contributed by atoms with Crippen LogP contribution in [0.4, 0.5) is 5.69 Å². The van der Waals surface area contributed by atoms with Crippen LogP contribution in [0.15, 0.2) is 95.9 Å². The van der Waals surface area contributed by atoms with Gasteiger partial charge in [-0.25, -0.2) is 8.42 Å². The molecule has 0 atom stereocenters. The van der Waals surface area contributed by atoms with Crippen molar-refractivity contribution < 1.29 is 13.2 Å². The quantitative estimate of drug-likeness (QED) is 0.196. The summed E-state index contributed by atoms with van der Waals surface area (Å²) in [6.07, 6.45) is 6.16. The fourth-order valence-corrected chi connectivity index (χ4v) is 6.06. The number of rotatable bonds is 10. The Morgan fingerprint density at radius 3 is 2.54 bits per heavy atom. The molecular weight excluding hydrogens is 532 g/mol. The summed E-state index contributed by atoms with van der Waals surface area (Å²) in [6.45, 7) is 3.23. The number of fused-ring (bicyclic) bond motifs is 2. The predicted octanol–water partition coefficient (Wildman–Crippen LogP) is 5.48. The van der Waals surface area contributed by atoms with Gasteiger partial charge in [0.2, 0.25) is 5.91 Å². The number of carbonyl (C=O) groups excluding carboxylic acids is 1. The van der Waals surface area contributed by atoms with E-state index in [1.54, 1.807) is 12.1 Å². The van der Waals surface area contributed by atoms with Crippen LogP contribution in [0.25, 0.3) is 16.8 Å². The van der Waals surface area contributed by atoms with E-state index in [9.17, 15) is 13.2 Å². The normalized spacial score (nSPS) is 13.5. The Morgan fingerprint density at radius 1 is 0.927 bits per heavy atom. The van der Waals surface area contributed by atoms with Gasteiger partial charge in [-0.2, -0.15) is 5.26 Å². The molecule has 0 saturated carbocycles. The third kappa shape index (κ3) is 7.40. The Kier molecular flexibility index (Phi) is 8.78. The molecule has 0 radical (unpaired) electrons. The number of hydrogen-bond donors (Lipinski definition) is 2. The second-order valence-corrected chi connectivity index (χ2v) is 11.9. The van der Waals surface area contributed by atoms with Crippen molar-refractivity contribution in [1.29, 1.82) is 5.26 Å². The van der Waals surface area contributed by atoms with Crippen LogP contribution in [0.1, 0.15) is 35.1 Å². The lowest BCUT2D eigenvalue weighted by atomic mass is 9.99. The van der Waals surface area contributed by atoms with E-state index >= 15 is 0 Å². The lowest BCUT2D eigenvalue weighted by molar-refractivity contribution is -0.116. The number of nitrogens with one attached hydrogen (secondary N) is 2. The first-order valence-corrected chi connectivity index (χ1v) is 15.2. The highest BCUT2D eigenvalue weighted by molar-refractivity contribution is 7.92. The van der Waals surface area contributed by atoms with Gasteiger partial charge in [-0.05, 0) is 102 Å². The first-order valence-electron chi connectivity index (χ1n) is 13.7. The molecule has 1 amide bonds. The van der Waals surface area contributed by atoms with Crippen LogP contribution in [0.3, 0.4) is 0 Å². The van der Waals surface area contributed by atoms with Gasteiger partial charge in [0.15, 0.2) is 0 Å². The van der Waals surface area contributed by atoms with Crippen LogP contribution in [0.5, 0.6) is 0 Å². The minimum absolute atomic E-state index is 0.0963. The summed E-state index contributed by atoms with van der Waals surface area (Å²) in [5, 5.41) is 14.2. The molecular formula is C33H32N4O3S. The molecule has 1 aliphatic rings. The maximum Gasteiger partial charge on any atom is 0.261 e. The molecule has 7 nitrogen and oxygen atoms in total. The Morgan fingerprint density at radius 2 is 1.73 bits per heavy atom. The van der Waals surface area contributed by atoms with Crippen molar-refractivity contribution in [2.45, 2.75) is 30.7 Å². The third-order valence-corrected chi connectivity index (χ3v) is 8.64. The maximum absolute atomic E-state index is 12.8. The van der Waals surface area contributed by atoms with Crippen LogP contribution < -0.4 is 10.0 Å². The van der Waals surface area contributed by atoms with Crippen molar-refractivity contribution in [2.75, 3.05) is 24.4 Å². The van der Waals surface area contributed by atoms with Crippen LogP contribution in [0, 0.1) is 11.3 Å². The van der Waals surface area contributed by atoms with E-state index in [0.29, 0.717) is 17.8 Å². The van der Waals surface area contributed by atoms with E-state index < -0.39 is 10.0 Å². The Balaban J connectivity index is 1.06. The Labute approximate surface area is 241 Å². The molecule has 41 heavy (non-hydrogen) atoms. The molecule has 0 bridgehead atoms. The number of anilines is 1. The second-order valence-electron chi connectivity index (χ2n) is 10.2. The molecule has 208 valence electrons. The van der Waals surface area contributed by atoms with E-state index in [4.69, 9.17) is 5.26 Å². The van der Waals surface area contributed by atoms with E-state index in [1.165, 1.54) is 35.2 Å². The molecule has 2 N–H and O–H groups in total. The summed E-state index contributed by atoms with van der Waals surface area (Å²) >= 11 is 0. The molecule has 1 aliphatic heterocycles. The first-order chi connectivity index (χ1) is 19.9. The fraction of sp³-hybridized carbons (Fsp3) is 0.212. The number of benzene rings is 4. The van der Waals surface area contributed by atoms with Crippen molar-refractivity contribution in [3.8, 4) is 6.07 Å². The molecule has 1 heterocycles. The van der Waals surface area contributed by atoms with Gasteiger partial charge in [-0.3, -0.25) is 14.4 Å². The summed E-state index contributed by atoms with van der Waals surface area (Å²) in [4.78, 5) is 14.7. The Hall–Kier alpha value is -4.45. The van der Waals surface area contributed by atoms with Gasteiger partial charge < -0.3 is 5.32 Å². The van der Waals surface area contributed by atoms with Gasteiger partial charge in [0, 0.05) is 31.4 Å². The van der Waals surface area contributed by atoms with Crippen LogP contribution in [-0.2, 0) is 27.8 Å². The molecule has 0 spiro atoms. The van der Waals surface area contributed by atoms with Gasteiger partial charge in [0.05, 0.1) is 16.5 Å². The van der Waals surface area contributed by atoms with E-state index in [-0.39, 0.29) is 10.8 Å². The number of hydrogen-bond acceptors (Lipinski definition) is 5. The van der Waals surface area contributed by atoms with E-state index in [1.807, 2.05) is 42.5 Å². The first kappa shape index (κ1) is 28.1. The lowest BCUT2D eigenvalue weighted by Gasteiger charge is -2.29. The number of unbranched alkanes of at least 4 members (excludes halogenated alkanes) is 1. The molecule has 4 aromatic rings. The molecule has 0 saturated heterocycles. The van der Waals surface area contributed by atoms with Crippen molar-refractivity contribution >= 4 is 38.5 Å². The minimum atomic E-state index is -3.75. The van der Waals surface area contributed by atoms with Crippen molar-refractivity contribution in [3.63, 3.8) is 0 Å². The van der Waals surface area contributed by atoms with Gasteiger partial charge in [-0.1, -0.05) is 42.5 Å². The minimum Gasteiger partial charge on any atom is -0.353 e. The van der Waals surface area contributed by atoms with Crippen molar-refractivity contribution in [1.82, 2.24) is 10.2 Å². The zero-order valence-electron chi connectivity index (χ0n) is 22.7. The third-order valence-electron chi connectivity index (χ3n) is 7.24. The number of amides is 1. The molecule has 0 unspecified atom stereocenters. The average Bonchev–Trinajstić information content (AvgIpc) is 2.99. The van der Waals surface area contributed by atoms with Crippen molar-refractivity contribution in [3.05, 3.63) is 113 Å². The fourth-order valence-electron chi connectivity index (χ4n) is 5.01. The lowest BCUT2D eigenvalue weighted by Crippen LogP contribution is -2.32. The summed E-state index contributed by atoms with van der Waals surface area (Å²) in [5.41, 5.74) is 4.27. The largest absolute Gasteiger partial charge is 0.353 e. The van der Waals surface area contributed by atoms with Crippen LogP contribution in [-0.4, -0.2) is 38.9 Å². The van der Waals surface area contributed by atoms with Crippen LogP contribution >= 0.6 is 0 Å². The van der Waals surface area contributed by atoms with Crippen molar-refractivity contribution in [2.24, 2.45) is 0 Å². The van der Waals surface area contributed by atoms with Crippen LogP contribution in [0.2, 0.25) is 0 Å². The Bertz CT molecular complexity index is 1720. The number of sulfonamides is 1. The summed E-state index contributed by atoms with van der Waals surface area (Å²) < 4.78 is 28.3.